The number of carbonyl (C=O) groups is 1. The number of carbonyl (C=O) groups excluding carboxylic acids is 1. The lowest BCUT2D eigenvalue weighted by Gasteiger charge is -2.19. The smallest absolute Gasteiger partial charge is 0.254 e. The molecule has 2 aromatic rings. The summed E-state index contributed by atoms with van der Waals surface area (Å²) >= 11 is 0. The van der Waals surface area contributed by atoms with E-state index in [4.69, 9.17) is 5.73 Å². The second-order valence-corrected chi connectivity index (χ2v) is 4.92. The first-order valence-corrected chi connectivity index (χ1v) is 6.44. The van der Waals surface area contributed by atoms with E-state index in [1.54, 1.807) is 32.2 Å². The van der Waals surface area contributed by atoms with Crippen LogP contribution in [-0.2, 0) is 6.54 Å². The van der Waals surface area contributed by atoms with E-state index in [9.17, 15) is 13.6 Å². The fourth-order valence-electron chi connectivity index (χ4n) is 2.07. The zero-order chi connectivity index (χ0) is 15.6. The molecule has 0 bridgehead atoms. The van der Waals surface area contributed by atoms with E-state index in [2.05, 4.69) is 0 Å². The van der Waals surface area contributed by atoms with Gasteiger partial charge in [-0.1, -0.05) is 12.1 Å². The topological polar surface area (TPSA) is 46.3 Å². The molecule has 0 atom stereocenters. The molecule has 1 amide bonds. The quantitative estimate of drug-likeness (QED) is 0.883. The molecule has 0 saturated carbocycles. The van der Waals surface area contributed by atoms with Crippen molar-refractivity contribution in [3.63, 3.8) is 0 Å². The molecule has 0 aliphatic carbocycles. The number of amides is 1. The highest BCUT2D eigenvalue weighted by Gasteiger charge is 2.16. The second-order valence-electron chi connectivity index (χ2n) is 4.92. The molecule has 2 aromatic carbocycles. The van der Waals surface area contributed by atoms with Crippen molar-refractivity contribution < 1.29 is 13.6 Å². The van der Waals surface area contributed by atoms with E-state index in [-0.39, 0.29) is 18.0 Å². The Morgan fingerprint density at radius 3 is 2.62 bits per heavy atom. The molecule has 0 aromatic heterocycles. The highest BCUT2D eigenvalue weighted by Crippen LogP contribution is 2.18. The molecule has 3 nitrogen and oxygen atoms in total. The van der Waals surface area contributed by atoms with Crippen LogP contribution < -0.4 is 5.73 Å². The van der Waals surface area contributed by atoms with E-state index >= 15 is 0 Å². The summed E-state index contributed by atoms with van der Waals surface area (Å²) in [5.74, 6) is -1.57. The standard InChI is InChI=1S/C16H16F2N2O/c1-10-13(4-3-5-15(10)19)16(21)20(2)9-11-6-7-12(17)8-14(11)18/h3-8H,9,19H2,1-2H3. The predicted molar refractivity (Wildman–Crippen MR) is 77.7 cm³/mol. The number of nitrogen functional groups attached to an aromatic ring is 1. The van der Waals surface area contributed by atoms with Crippen LogP contribution in [0.3, 0.4) is 0 Å². The molecule has 5 heteroatoms. The summed E-state index contributed by atoms with van der Waals surface area (Å²) in [7, 11) is 1.56. The number of rotatable bonds is 3. The fourth-order valence-corrected chi connectivity index (χ4v) is 2.07. The minimum absolute atomic E-state index is 0.0547. The molecule has 0 saturated heterocycles. The summed E-state index contributed by atoms with van der Waals surface area (Å²) < 4.78 is 26.5. The Morgan fingerprint density at radius 1 is 1.24 bits per heavy atom. The SMILES string of the molecule is Cc1c(N)cccc1C(=O)N(C)Cc1ccc(F)cc1F. The molecular formula is C16H16F2N2O. The van der Waals surface area contributed by atoms with Crippen LogP contribution in [0.2, 0.25) is 0 Å². The van der Waals surface area contributed by atoms with Gasteiger partial charge in [0.1, 0.15) is 11.6 Å². The average Bonchev–Trinajstić information content (AvgIpc) is 2.44. The van der Waals surface area contributed by atoms with Crippen LogP contribution in [0, 0.1) is 18.6 Å². The summed E-state index contributed by atoms with van der Waals surface area (Å²) in [6.07, 6.45) is 0. The molecule has 0 aliphatic rings. The molecule has 2 rings (SSSR count). The Kier molecular flexibility index (Phi) is 4.21. The summed E-state index contributed by atoms with van der Waals surface area (Å²) in [5.41, 5.74) is 7.73. The van der Waals surface area contributed by atoms with Gasteiger partial charge in [-0.15, -0.1) is 0 Å². The van der Waals surface area contributed by atoms with Crippen molar-refractivity contribution in [2.45, 2.75) is 13.5 Å². The predicted octanol–water partition coefficient (Wildman–Crippen LogP) is 3.13. The molecule has 110 valence electrons. The van der Waals surface area contributed by atoms with Crippen molar-refractivity contribution in [3.05, 3.63) is 64.7 Å². The summed E-state index contributed by atoms with van der Waals surface area (Å²) in [4.78, 5) is 13.7. The average molecular weight is 290 g/mol. The van der Waals surface area contributed by atoms with Crippen molar-refractivity contribution in [1.82, 2.24) is 4.90 Å². The van der Waals surface area contributed by atoms with Gasteiger partial charge in [0.05, 0.1) is 0 Å². The lowest BCUT2D eigenvalue weighted by Crippen LogP contribution is -2.27. The van der Waals surface area contributed by atoms with Crippen LogP contribution in [-0.4, -0.2) is 17.9 Å². The van der Waals surface area contributed by atoms with Crippen LogP contribution in [0.5, 0.6) is 0 Å². The van der Waals surface area contributed by atoms with E-state index in [1.165, 1.54) is 17.0 Å². The van der Waals surface area contributed by atoms with Crippen molar-refractivity contribution in [2.75, 3.05) is 12.8 Å². The minimum Gasteiger partial charge on any atom is -0.398 e. The van der Waals surface area contributed by atoms with Crippen molar-refractivity contribution in [3.8, 4) is 0 Å². The summed E-state index contributed by atoms with van der Waals surface area (Å²) in [6, 6.07) is 8.39. The van der Waals surface area contributed by atoms with Gasteiger partial charge >= 0.3 is 0 Å². The number of halogens is 2. The number of hydrogen-bond acceptors (Lipinski definition) is 2. The van der Waals surface area contributed by atoms with Crippen molar-refractivity contribution >= 4 is 11.6 Å². The van der Waals surface area contributed by atoms with Gasteiger partial charge in [0.25, 0.3) is 5.91 Å². The van der Waals surface area contributed by atoms with E-state index in [0.717, 1.165) is 6.07 Å². The third-order valence-corrected chi connectivity index (χ3v) is 3.38. The van der Waals surface area contributed by atoms with Crippen LogP contribution in [0.25, 0.3) is 0 Å². The number of benzene rings is 2. The molecule has 0 unspecified atom stereocenters. The number of nitrogens with two attached hydrogens (primary N) is 1. The Balaban J connectivity index is 2.21. The van der Waals surface area contributed by atoms with Gasteiger partial charge in [0, 0.05) is 36.5 Å². The molecule has 2 N–H and O–H groups in total. The van der Waals surface area contributed by atoms with Crippen LogP contribution >= 0.6 is 0 Å². The number of nitrogens with zero attached hydrogens (tertiary/aromatic N) is 1. The van der Waals surface area contributed by atoms with Crippen LogP contribution in [0.4, 0.5) is 14.5 Å². The number of anilines is 1. The van der Waals surface area contributed by atoms with E-state index in [0.29, 0.717) is 16.8 Å². The highest BCUT2D eigenvalue weighted by atomic mass is 19.1. The van der Waals surface area contributed by atoms with Gasteiger partial charge in [0.15, 0.2) is 0 Å². The van der Waals surface area contributed by atoms with Gasteiger partial charge in [-0.2, -0.15) is 0 Å². The maximum Gasteiger partial charge on any atom is 0.254 e. The lowest BCUT2D eigenvalue weighted by atomic mass is 10.1. The van der Waals surface area contributed by atoms with Gasteiger partial charge in [-0.25, -0.2) is 8.78 Å². The second kappa shape index (κ2) is 5.91. The lowest BCUT2D eigenvalue weighted by molar-refractivity contribution is 0.0783. The molecule has 0 aliphatic heterocycles. The van der Waals surface area contributed by atoms with Gasteiger partial charge in [0.2, 0.25) is 0 Å². The molecule has 0 spiro atoms. The Hall–Kier alpha value is -2.43. The number of hydrogen-bond donors (Lipinski definition) is 1. The Labute approximate surface area is 122 Å². The normalized spacial score (nSPS) is 10.5. The Morgan fingerprint density at radius 2 is 1.95 bits per heavy atom. The largest absolute Gasteiger partial charge is 0.398 e. The molecule has 0 fully saturated rings. The van der Waals surface area contributed by atoms with Crippen molar-refractivity contribution in [2.24, 2.45) is 0 Å². The monoisotopic (exact) mass is 290 g/mol. The van der Waals surface area contributed by atoms with E-state index < -0.39 is 11.6 Å². The van der Waals surface area contributed by atoms with Gasteiger partial charge in [-0.3, -0.25) is 4.79 Å². The van der Waals surface area contributed by atoms with Gasteiger partial charge < -0.3 is 10.6 Å². The summed E-state index contributed by atoms with van der Waals surface area (Å²) in [5, 5.41) is 0. The maximum absolute atomic E-state index is 13.6. The molecule has 0 radical (unpaired) electrons. The first kappa shape index (κ1) is 15.0. The molecule has 0 heterocycles. The third kappa shape index (κ3) is 3.18. The zero-order valence-electron chi connectivity index (χ0n) is 11.9. The van der Waals surface area contributed by atoms with Crippen LogP contribution in [0.15, 0.2) is 36.4 Å². The fraction of sp³-hybridized carbons (Fsp3) is 0.188. The zero-order valence-corrected chi connectivity index (χ0v) is 11.9. The summed E-state index contributed by atoms with van der Waals surface area (Å²) in [6.45, 7) is 1.81. The molecule has 21 heavy (non-hydrogen) atoms. The Bertz CT molecular complexity index is 686. The third-order valence-electron chi connectivity index (χ3n) is 3.38. The minimum atomic E-state index is -0.668. The van der Waals surface area contributed by atoms with Crippen LogP contribution in [0.1, 0.15) is 21.5 Å². The first-order valence-electron chi connectivity index (χ1n) is 6.44. The maximum atomic E-state index is 13.6. The highest BCUT2D eigenvalue weighted by molar-refractivity contribution is 5.96. The van der Waals surface area contributed by atoms with Crippen molar-refractivity contribution in [1.29, 1.82) is 0 Å². The van der Waals surface area contributed by atoms with E-state index in [1.807, 2.05) is 0 Å². The molecular weight excluding hydrogens is 274 g/mol. The van der Waals surface area contributed by atoms with Gasteiger partial charge in [-0.05, 0) is 30.7 Å². The first-order chi connectivity index (χ1) is 9.90.